The molecule has 3 aliphatic rings. The fourth-order valence-corrected chi connectivity index (χ4v) is 4.80. The molecule has 164 valence electrons. The molecule has 8 heteroatoms. The predicted octanol–water partition coefficient (Wildman–Crippen LogP) is 1.47. The standard InChI is InChI=1S/C22H34N6O2/c1-15-4-8-26(9-5-15)14-20(30)28-10-6-17(12-28)21-24-19-7-11-27(16(2)29)13-18(19)22(23-3)25-21/h15,17H,4-14H2,1-3H3,(H,23,24,25)/t17-/m0/s1. The summed E-state index contributed by atoms with van der Waals surface area (Å²) in [5.41, 5.74) is 2.06. The van der Waals surface area contributed by atoms with Crippen molar-refractivity contribution in [2.45, 2.75) is 52.0 Å². The summed E-state index contributed by atoms with van der Waals surface area (Å²) in [4.78, 5) is 40.4. The molecule has 8 nitrogen and oxygen atoms in total. The zero-order valence-electron chi connectivity index (χ0n) is 18.5. The Morgan fingerprint density at radius 1 is 1.07 bits per heavy atom. The molecule has 0 radical (unpaired) electrons. The Morgan fingerprint density at radius 3 is 2.53 bits per heavy atom. The van der Waals surface area contributed by atoms with E-state index in [9.17, 15) is 9.59 Å². The van der Waals surface area contributed by atoms with Gasteiger partial charge in [-0.3, -0.25) is 14.5 Å². The van der Waals surface area contributed by atoms with Crippen molar-refractivity contribution < 1.29 is 9.59 Å². The quantitative estimate of drug-likeness (QED) is 0.804. The van der Waals surface area contributed by atoms with Gasteiger partial charge in [0.2, 0.25) is 11.8 Å². The van der Waals surface area contributed by atoms with Crippen molar-refractivity contribution in [2.75, 3.05) is 51.6 Å². The third kappa shape index (κ3) is 4.43. The molecule has 1 N–H and O–H groups in total. The first-order valence-corrected chi connectivity index (χ1v) is 11.3. The number of piperidine rings is 1. The number of fused-ring (bicyclic) bond motifs is 1. The van der Waals surface area contributed by atoms with Crippen LogP contribution in [-0.4, -0.2) is 82.8 Å². The van der Waals surface area contributed by atoms with Crippen LogP contribution in [0.4, 0.5) is 5.82 Å². The molecule has 0 aliphatic carbocycles. The number of nitrogens with zero attached hydrogens (tertiary/aromatic N) is 5. The van der Waals surface area contributed by atoms with Gasteiger partial charge in [-0.1, -0.05) is 6.92 Å². The molecule has 0 aromatic carbocycles. The highest BCUT2D eigenvalue weighted by Crippen LogP contribution is 2.30. The summed E-state index contributed by atoms with van der Waals surface area (Å²) in [5.74, 6) is 2.91. The summed E-state index contributed by atoms with van der Waals surface area (Å²) < 4.78 is 0. The monoisotopic (exact) mass is 414 g/mol. The second kappa shape index (κ2) is 8.88. The number of aromatic nitrogens is 2. The van der Waals surface area contributed by atoms with Crippen molar-refractivity contribution in [1.29, 1.82) is 0 Å². The van der Waals surface area contributed by atoms with Crippen LogP contribution in [0, 0.1) is 5.92 Å². The Balaban J connectivity index is 1.41. The van der Waals surface area contributed by atoms with Gasteiger partial charge < -0.3 is 15.1 Å². The van der Waals surface area contributed by atoms with Gasteiger partial charge in [0.15, 0.2) is 0 Å². The Morgan fingerprint density at radius 2 is 1.83 bits per heavy atom. The second-order valence-corrected chi connectivity index (χ2v) is 9.08. The lowest BCUT2D eigenvalue weighted by Gasteiger charge is -2.31. The van der Waals surface area contributed by atoms with Gasteiger partial charge in [-0.2, -0.15) is 0 Å². The minimum Gasteiger partial charge on any atom is -0.373 e. The Hall–Kier alpha value is -2.22. The van der Waals surface area contributed by atoms with E-state index in [2.05, 4.69) is 17.1 Å². The van der Waals surface area contributed by atoms with Crippen LogP contribution in [-0.2, 0) is 22.6 Å². The maximum Gasteiger partial charge on any atom is 0.236 e. The first-order valence-electron chi connectivity index (χ1n) is 11.3. The van der Waals surface area contributed by atoms with Crippen molar-refractivity contribution in [3.63, 3.8) is 0 Å². The van der Waals surface area contributed by atoms with E-state index in [1.54, 1.807) is 6.92 Å². The highest BCUT2D eigenvalue weighted by atomic mass is 16.2. The van der Waals surface area contributed by atoms with E-state index < -0.39 is 0 Å². The maximum absolute atomic E-state index is 12.8. The van der Waals surface area contributed by atoms with Crippen molar-refractivity contribution in [2.24, 2.45) is 5.92 Å². The summed E-state index contributed by atoms with van der Waals surface area (Å²) in [7, 11) is 1.86. The number of likely N-dealkylation sites (tertiary alicyclic amines) is 2. The van der Waals surface area contributed by atoms with E-state index in [-0.39, 0.29) is 17.7 Å². The average molecular weight is 415 g/mol. The molecule has 0 saturated carbocycles. The molecule has 2 saturated heterocycles. The fraction of sp³-hybridized carbons (Fsp3) is 0.727. The van der Waals surface area contributed by atoms with Crippen LogP contribution >= 0.6 is 0 Å². The first kappa shape index (κ1) is 21.0. The molecule has 4 rings (SSSR count). The van der Waals surface area contributed by atoms with E-state index in [1.807, 2.05) is 16.8 Å². The number of nitrogens with one attached hydrogen (secondary N) is 1. The van der Waals surface area contributed by atoms with E-state index >= 15 is 0 Å². The zero-order chi connectivity index (χ0) is 21.3. The van der Waals surface area contributed by atoms with Gasteiger partial charge >= 0.3 is 0 Å². The summed E-state index contributed by atoms with van der Waals surface area (Å²) in [6, 6.07) is 0. The SMILES string of the molecule is CNc1nc([C@H]2CCN(C(=O)CN3CCC(C)CC3)C2)nc2c1CN(C(C)=O)CC2. The van der Waals surface area contributed by atoms with Crippen LogP contribution in [0.15, 0.2) is 0 Å². The van der Waals surface area contributed by atoms with E-state index in [0.29, 0.717) is 26.2 Å². The van der Waals surface area contributed by atoms with Gasteiger partial charge in [-0.25, -0.2) is 9.97 Å². The topological polar surface area (TPSA) is 81.7 Å². The Kier molecular flexibility index (Phi) is 6.22. The lowest BCUT2D eigenvalue weighted by Crippen LogP contribution is -2.42. The predicted molar refractivity (Wildman–Crippen MR) is 115 cm³/mol. The number of anilines is 1. The average Bonchev–Trinajstić information content (AvgIpc) is 3.24. The van der Waals surface area contributed by atoms with Gasteiger partial charge in [0.05, 0.1) is 18.8 Å². The molecule has 3 aliphatic heterocycles. The molecule has 30 heavy (non-hydrogen) atoms. The summed E-state index contributed by atoms with van der Waals surface area (Å²) in [6.45, 7) is 9.23. The van der Waals surface area contributed by atoms with Crippen LogP contribution < -0.4 is 5.32 Å². The van der Waals surface area contributed by atoms with Gasteiger partial charge in [-0.05, 0) is 38.3 Å². The maximum atomic E-state index is 12.8. The molecule has 0 bridgehead atoms. The largest absolute Gasteiger partial charge is 0.373 e. The highest BCUT2D eigenvalue weighted by Gasteiger charge is 2.32. The lowest BCUT2D eigenvalue weighted by molar-refractivity contribution is -0.132. The van der Waals surface area contributed by atoms with Crippen LogP contribution in [0.25, 0.3) is 0 Å². The normalized spacial score (nSPS) is 22.8. The van der Waals surface area contributed by atoms with Crippen LogP contribution in [0.1, 0.15) is 56.1 Å². The summed E-state index contributed by atoms with van der Waals surface area (Å²) in [6.07, 6.45) is 4.03. The Labute approximate surface area is 179 Å². The second-order valence-electron chi connectivity index (χ2n) is 9.08. The van der Waals surface area contributed by atoms with E-state index in [1.165, 1.54) is 12.8 Å². The van der Waals surface area contributed by atoms with Crippen LogP contribution in [0.3, 0.4) is 0 Å². The number of hydrogen-bond acceptors (Lipinski definition) is 6. The number of amides is 2. The van der Waals surface area contributed by atoms with Crippen molar-refractivity contribution in [1.82, 2.24) is 24.7 Å². The molecule has 2 amide bonds. The van der Waals surface area contributed by atoms with Gasteiger partial charge in [0, 0.05) is 51.5 Å². The molecular formula is C22H34N6O2. The van der Waals surface area contributed by atoms with Crippen molar-refractivity contribution >= 4 is 17.6 Å². The van der Waals surface area contributed by atoms with Crippen LogP contribution in [0.5, 0.6) is 0 Å². The fourth-order valence-electron chi connectivity index (χ4n) is 4.80. The molecule has 1 aromatic heterocycles. The number of carbonyl (C=O) groups is 2. The van der Waals surface area contributed by atoms with Crippen molar-refractivity contribution in [3.8, 4) is 0 Å². The van der Waals surface area contributed by atoms with E-state index in [4.69, 9.17) is 9.97 Å². The highest BCUT2D eigenvalue weighted by molar-refractivity contribution is 5.78. The lowest BCUT2D eigenvalue weighted by atomic mass is 9.99. The molecular weight excluding hydrogens is 380 g/mol. The minimum atomic E-state index is 0.0832. The number of carbonyl (C=O) groups excluding carboxylic acids is 2. The molecule has 4 heterocycles. The zero-order valence-corrected chi connectivity index (χ0v) is 18.5. The van der Waals surface area contributed by atoms with Gasteiger partial charge in [0.1, 0.15) is 11.6 Å². The molecule has 0 unspecified atom stereocenters. The number of rotatable bonds is 4. The molecule has 2 fully saturated rings. The van der Waals surface area contributed by atoms with Crippen LogP contribution in [0.2, 0.25) is 0 Å². The first-order chi connectivity index (χ1) is 14.4. The molecule has 1 atom stereocenters. The Bertz CT molecular complexity index is 788. The molecule has 1 aromatic rings. The third-order valence-corrected chi connectivity index (χ3v) is 6.90. The van der Waals surface area contributed by atoms with Crippen molar-refractivity contribution in [3.05, 3.63) is 17.1 Å². The minimum absolute atomic E-state index is 0.0832. The summed E-state index contributed by atoms with van der Waals surface area (Å²) >= 11 is 0. The van der Waals surface area contributed by atoms with Gasteiger partial charge in [-0.15, -0.1) is 0 Å². The number of hydrogen-bond donors (Lipinski definition) is 1. The van der Waals surface area contributed by atoms with Gasteiger partial charge in [0.25, 0.3) is 0 Å². The smallest absolute Gasteiger partial charge is 0.236 e. The molecule has 0 spiro atoms. The third-order valence-electron chi connectivity index (χ3n) is 6.90. The van der Waals surface area contributed by atoms with E-state index in [0.717, 1.165) is 61.3 Å². The summed E-state index contributed by atoms with van der Waals surface area (Å²) in [5, 5.41) is 3.19.